The molecule has 1 saturated heterocycles. The highest BCUT2D eigenvalue weighted by atomic mass is 32.2. The highest BCUT2D eigenvalue weighted by molar-refractivity contribution is 7.91. The van der Waals surface area contributed by atoms with Crippen LogP contribution in [-0.2, 0) is 21.4 Å². The van der Waals surface area contributed by atoms with Crippen molar-refractivity contribution in [2.24, 2.45) is 0 Å². The minimum absolute atomic E-state index is 0.267. The molecule has 28 heavy (non-hydrogen) atoms. The van der Waals surface area contributed by atoms with Crippen LogP contribution in [-0.4, -0.2) is 44.9 Å². The molecule has 2 heterocycles. The average Bonchev–Trinajstić information content (AvgIpc) is 3.39. The highest BCUT2D eigenvalue weighted by Gasteiger charge is 2.39. The molecule has 1 atom stereocenters. The lowest BCUT2D eigenvalue weighted by atomic mass is 10.1. The van der Waals surface area contributed by atoms with Gasteiger partial charge in [-0.15, -0.1) is 11.3 Å². The Kier molecular flexibility index (Phi) is 6.58. The van der Waals surface area contributed by atoms with Gasteiger partial charge in [-0.2, -0.15) is 4.31 Å². The first-order valence-corrected chi connectivity index (χ1v) is 11.4. The first-order valence-electron chi connectivity index (χ1n) is 9.10. The van der Waals surface area contributed by atoms with E-state index >= 15 is 0 Å². The fourth-order valence-corrected chi connectivity index (χ4v) is 6.00. The maximum absolute atomic E-state index is 12.8. The number of methoxy groups -OCH3 is 1. The predicted molar refractivity (Wildman–Crippen MR) is 107 cm³/mol. The Bertz CT molecular complexity index is 912. The van der Waals surface area contributed by atoms with Crippen molar-refractivity contribution < 1.29 is 22.7 Å². The number of amides is 1. The van der Waals surface area contributed by atoms with Crippen molar-refractivity contribution in [3.05, 3.63) is 41.3 Å². The summed E-state index contributed by atoms with van der Waals surface area (Å²) in [5.74, 6) is 0.950. The first kappa shape index (κ1) is 20.6. The Morgan fingerprint density at radius 2 is 2.14 bits per heavy atom. The molecule has 0 aliphatic carbocycles. The summed E-state index contributed by atoms with van der Waals surface area (Å²) < 4.78 is 38.0. The number of rotatable bonds is 8. The van der Waals surface area contributed by atoms with Gasteiger partial charge in [-0.3, -0.25) is 4.79 Å². The molecule has 0 unspecified atom stereocenters. The van der Waals surface area contributed by atoms with E-state index in [0.29, 0.717) is 37.5 Å². The third-order valence-corrected chi connectivity index (χ3v) is 7.84. The summed E-state index contributed by atoms with van der Waals surface area (Å²) in [7, 11) is -2.08. The number of nitrogens with one attached hydrogen (secondary N) is 1. The molecule has 1 aliphatic heterocycles. The van der Waals surface area contributed by atoms with Crippen molar-refractivity contribution in [1.29, 1.82) is 0 Å². The lowest BCUT2D eigenvalue weighted by molar-refractivity contribution is -0.124. The zero-order valence-corrected chi connectivity index (χ0v) is 17.5. The van der Waals surface area contributed by atoms with E-state index in [1.165, 1.54) is 4.31 Å². The van der Waals surface area contributed by atoms with E-state index in [1.807, 2.05) is 13.0 Å². The van der Waals surface area contributed by atoms with E-state index in [9.17, 15) is 13.2 Å². The van der Waals surface area contributed by atoms with Gasteiger partial charge in [-0.1, -0.05) is 12.1 Å². The van der Waals surface area contributed by atoms with Crippen molar-refractivity contribution in [3.8, 4) is 11.5 Å². The third kappa shape index (κ3) is 4.31. The standard InChI is InChI=1S/C19H24N2O5S2/c1-3-26-16-9-8-14(12-17(16)25-2)13-20-19(22)15-6-4-10-21(15)28(23,24)18-7-5-11-27-18/h5,7-9,11-12,15H,3-4,6,10,13H2,1-2H3,(H,20,22)/t15-/m1/s1. The molecular formula is C19H24N2O5S2. The number of carbonyl (C=O) groups excluding carboxylic acids is 1. The summed E-state index contributed by atoms with van der Waals surface area (Å²) in [6, 6.07) is 8.04. The second-order valence-electron chi connectivity index (χ2n) is 6.34. The minimum Gasteiger partial charge on any atom is -0.493 e. The van der Waals surface area contributed by atoms with Crippen LogP contribution in [0.2, 0.25) is 0 Å². The molecule has 9 heteroatoms. The molecule has 0 radical (unpaired) electrons. The molecule has 0 spiro atoms. The Labute approximate surface area is 169 Å². The molecule has 152 valence electrons. The lowest BCUT2D eigenvalue weighted by Crippen LogP contribution is -2.45. The molecule has 1 amide bonds. The molecule has 1 N–H and O–H groups in total. The molecule has 2 aromatic rings. The molecule has 1 aliphatic rings. The molecule has 7 nitrogen and oxygen atoms in total. The third-order valence-electron chi connectivity index (χ3n) is 4.56. The molecule has 0 bridgehead atoms. The zero-order chi connectivity index (χ0) is 20.1. The van der Waals surface area contributed by atoms with Gasteiger partial charge in [0.15, 0.2) is 11.5 Å². The summed E-state index contributed by atoms with van der Waals surface area (Å²) in [5.41, 5.74) is 0.847. The number of hydrogen-bond donors (Lipinski definition) is 1. The summed E-state index contributed by atoms with van der Waals surface area (Å²) in [6.07, 6.45) is 1.18. The number of ether oxygens (including phenoxy) is 2. The molecule has 3 rings (SSSR count). The predicted octanol–water partition coefficient (Wildman–Crippen LogP) is 2.62. The van der Waals surface area contributed by atoms with Crippen LogP contribution in [0.3, 0.4) is 0 Å². The van der Waals surface area contributed by atoms with Gasteiger partial charge >= 0.3 is 0 Å². The maximum Gasteiger partial charge on any atom is 0.253 e. The van der Waals surface area contributed by atoms with Crippen LogP contribution in [0.1, 0.15) is 25.3 Å². The van der Waals surface area contributed by atoms with Gasteiger partial charge in [0.1, 0.15) is 10.3 Å². The van der Waals surface area contributed by atoms with Crippen LogP contribution < -0.4 is 14.8 Å². The van der Waals surface area contributed by atoms with Gasteiger partial charge in [0.05, 0.1) is 13.7 Å². The summed E-state index contributed by atoms with van der Waals surface area (Å²) in [4.78, 5) is 12.7. The van der Waals surface area contributed by atoms with E-state index in [1.54, 1.807) is 36.8 Å². The van der Waals surface area contributed by atoms with Crippen molar-refractivity contribution in [1.82, 2.24) is 9.62 Å². The summed E-state index contributed by atoms with van der Waals surface area (Å²) in [6.45, 7) is 3.06. The van der Waals surface area contributed by atoms with E-state index < -0.39 is 16.1 Å². The number of hydrogen-bond acceptors (Lipinski definition) is 6. The van der Waals surface area contributed by atoms with Crippen molar-refractivity contribution >= 4 is 27.3 Å². The fourth-order valence-electron chi connectivity index (χ4n) is 3.22. The topological polar surface area (TPSA) is 84.9 Å². The van der Waals surface area contributed by atoms with E-state index in [0.717, 1.165) is 16.9 Å². The largest absolute Gasteiger partial charge is 0.493 e. The van der Waals surface area contributed by atoms with Gasteiger partial charge in [0.2, 0.25) is 5.91 Å². The van der Waals surface area contributed by atoms with E-state index in [2.05, 4.69) is 5.32 Å². The quantitative estimate of drug-likeness (QED) is 0.704. The van der Waals surface area contributed by atoms with Crippen LogP contribution in [0.4, 0.5) is 0 Å². The van der Waals surface area contributed by atoms with Crippen molar-refractivity contribution in [3.63, 3.8) is 0 Å². The van der Waals surface area contributed by atoms with Crippen molar-refractivity contribution in [2.75, 3.05) is 20.3 Å². The van der Waals surface area contributed by atoms with Crippen LogP contribution in [0.25, 0.3) is 0 Å². The number of thiophene rings is 1. The number of benzene rings is 1. The van der Waals surface area contributed by atoms with Crippen LogP contribution in [0.15, 0.2) is 39.9 Å². The Hall–Kier alpha value is -2.10. The Morgan fingerprint density at radius 1 is 1.32 bits per heavy atom. The Morgan fingerprint density at radius 3 is 2.82 bits per heavy atom. The van der Waals surface area contributed by atoms with Crippen LogP contribution in [0, 0.1) is 0 Å². The minimum atomic E-state index is -3.64. The second kappa shape index (κ2) is 8.93. The van der Waals surface area contributed by atoms with Crippen molar-refractivity contribution in [2.45, 2.75) is 36.6 Å². The van der Waals surface area contributed by atoms with E-state index in [4.69, 9.17) is 9.47 Å². The van der Waals surface area contributed by atoms with E-state index in [-0.39, 0.29) is 16.7 Å². The monoisotopic (exact) mass is 424 g/mol. The smallest absolute Gasteiger partial charge is 0.253 e. The van der Waals surface area contributed by atoms with Crippen LogP contribution in [0.5, 0.6) is 11.5 Å². The van der Waals surface area contributed by atoms with Crippen LogP contribution >= 0.6 is 11.3 Å². The van der Waals surface area contributed by atoms with Gasteiger partial charge in [0, 0.05) is 13.1 Å². The van der Waals surface area contributed by atoms with Gasteiger partial charge in [-0.25, -0.2) is 8.42 Å². The molecule has 1 aromatic carbocycles. The molecular weight excluding hydrogens is 400 g/mol. The normalized spacial score (nSPS) is 17.4. The zero-order valence-electron chi connectivity index (χ0n) is 15.9. The second-order valence-corrected chi connectivity index (χ2v) is 9.41. The Balaban J connectivity index is 1.67. The maximum atomic E-state index is 12.8. The fraction of sp³-hybridized carbons (Fsp3) is 0.421. The molecule has 1 fully saturated rings. The first-order chi connectivity index (χ1) is 13.5. The van der Waals surface area contributed by atoms with Gasteiger partial charge < -0.3 is 14.8 Å². The average molecular weight is 425 g/mol. The summed E-state index contributed by atoms with van der Waals surface area (Å²) >= 11 is 1.16. The molecule has 0 saturated carbocycles. The van der Waals surface area contributed by atoms with Gasteiger partial charge in [-0.05, 0) is 48.9 Å². The number of carbonyl (C=O) groups is 1. The molecule has 1 aromatic heterocycles. The summed E-state index contributed by atoms with van der Waals surface area (Å²) in [5, 5.41) is 4.57. The number of nitrogens with zero attached hydrogens (tertiary/aromatic N) is 1. The highest BCUT2D eigenvalue weighted by Crippen LogP contribution is 2.30. The number of sulfonamides is 1. The lowest BCUT2D eigenvalue weighted by Gasteiger charge is -2.22. The van der Waals surface area contributed by atoms with Gasteiger partial charge in [0.25, 0.3) is 10.0 Å². The SMILES string of the molecule is CCOc1ccc(CNC(=O)[C@H]2CCCN2S(=O)(=O)c2cccs2)cc1OC.